The van der Waals surface area contributed by atoms with Crippen LogP contribution >= 0.6 is 0 Å². The first-order valence-electron chi connectivity index (χ1n) is 7.96. The Kier molecular flexibility index (Phi) is 5.84. The van der Waals surface area contributed by atoms with Crippen molar-refractivity contribution in [1.29, 1.82) is 0 Å². The second kappa shape index (κ2) is 7.63. The van der Waals surface area contributed by atoms with Crippen LogP contribution in [0.25, 0.3) is 0 Å². The molecule has 0 aliphatic carbocycles. The molecule has 14 heteroatoms. The average Bonchev–Trinajstić information content (AvgIpc) is 3.06. The molecule has 0 saturated carbocycles. The summed E-state index contributed by atoms with van der Waals surface area (Å²) in [4.78, 5) is 73.6. The van der Waals surface area contributed by atoms with Gasteiger partial charge in [0, 0.05) is 25.7 Å². The molecule has 0 aromatic rings. The second-order valence-corrected chi connectivity index (χ2v) is 7.63. The number of nitrogens with zero attached hydrogens (tertiary/aromatic N) is 2. The van der Waals surface area contributed by atoms with Crippen LogP contribution in [0.3, 0.4) is 0 Å². The Morgan fingerprint density at radius 1 is 0.929 bits per heavy atom. The number of carboxylic acid groups (broad SMARTS) is 1. The van der Waals surface area contributed by atoms with Crippen molar-refractivity contribution < 1.29 is 51.6 Å². The number of amides is 4. The minimum Gasteiger partial charge on any atom is -0.481 e. The maximum atomic E-state index is 12.8. The van der Waals surface area contributed by atoms with Crippen molar-refractivity contribution in [3.05, 3.63) is 0 Å². The van der Waals surface area contributed by atoms with Gasteiger partial charge in [-0.3, -0.25) is 28.5 Å². The zero-order chi connectivity index (χ0) is 21.3. The van der Waals surface area contributed by atoms with Crippen LogP contribution in [-0.2, 0) is 43.6 Å². The maximum Gasteiger partial charge on any atom is 0.355 e. The van der Waals surface area contributed by atoms with Gasteiger partial charge >= 0.3 is 11.9 Å². The number of esters is 1. The van der Waals surface area contributed by atoms with E-state index in [9.17, 15) is 42.3 Å². The summed E-state index contributed by atoms with van der Waals surface area (Å²) in [7, 11) is -4.56. The fraction of sp³-hybridized carbons (Fsp3) is 0.571. The van der Waals surface area contributed by atoms with Crippen LogP contribution in [-0.4, -0.2) is 81.5 Å². The Balaban J connectivity index is 2.56. The zero-order valence-corrected chi connectivity index (χ0v) is 15.1. The van der Waals surface area contributed by atoms with Crippen molar-refractivity contribution in [1.82, 2.24) is 9.80 Å². The summed E-state index contributed by atoms with van der Waals surface area (Å²) in [5, 5.41) is 9.28. The van der Waals surface area contributed by atoms with Crippen molar-refractivity contribution in [2.75, 3.05) is 12.4 Å². The number of hydrogen-bond donors (Lipinski definition) is 2. The standard InChI is InChI=1S/C14H16N2O11S/c17-8-1-2-9(18)15(8)14(7-12(21)22,16-10(19)3-4-11(16)20)13(23)27-5-6-28(24,25)26/h1-7H2,(H,21,22)(H,24,25,26). The molecule has 2 rings (SSSR count). The quantitative estimate of drug-likeness (QED) is 0.248. The van der Waals surface area contributed by atoms with E-state index in [4.69, 9.17) is 4.55 Å². The zero-order valence-electron chi connectivity index (χ0n) is 14.3. The Morgan fingerprint density at radius 3 is 1.64 bits per heavy atom. The normalized spacial score (nSPS) is 18.2. The number of likely N-dealkylation sites (tertiary alicyclic amines) is 2. The highest BCUT2D eigenvalue weighted by Gasteiger charge is 2.62. The van der Waals surface area contributed by atoms with E-state index < -0.39 is 70.1 Å². The number of carbonyl (C=O) groups is 6. The topological polar surface area (TPSA) is 193 Å². The van der Waals surface area contributed by atoms with E-state index in [0.29, 0.717) is 0 Å². The monoisotopic (exact) mass is 420 g/mol. The molecule has 2 fully saturated rings. The van der Waals surface area contributed by atoms with Crippen LogP contribution in [0.5, 0.6) is 0 Å². The van der Waals surface area contributed by atoms with Crippen LogP contribution in [0.1, 0.15) is 32.1 Å². The van der Waals surface area contributed by atoms with Gasteiger partial charge in [-0.15, -0.1) is 0 Å². The van der Waals surface area contributed by atoms with Crippen LogP contribution in [0.4, 0.5) is 0 Å². The van der Waals surface area contributed by atoms with E-state index in [1.165, 1.54) is 0 Å². The highest BCUT2D eigenvalue weighted by atomic mass is 32.2. The summed E-state index contributed by atoms with van der Waals surface area (Å²) in [6, 6.07) is 0. The summed E-state index contributed by atoms with van der Waals surface area (Å²) >= 11 is 0. The van der Waals surface area contributed by atoms with E-state index in [1.807, 2.05) is 0 Å². The van der Waals surface area contributed by atoms with Gasteiger partial charge < -0.3 is 9.84 Å². The van der Waals surface area contributed by atoms with Crippen LogP contribution in [0.2, 0.25) is 0 Å². The maximum absolute atomic E-state index is 12.8. The number of hydrogen-bond acceptors (Lipinski definition) is 9. The fourth-order valence-electron chi connectivity index (χ4n) is 3.06. The number of imide groups is 2. The summed E-state index contributed by atoms with van der Waals surface area (Å²) in [6.07, 6.45) is -2.86. The molecule has 2 saturated heterocycles. The predicted octanol–water partition coefficient (Wildman–Crippen LogP) is -2.11. The molecule has 0 radical (unpaired) electrons. The lowest BCUT2D eigenvalue weighted by Gasteiger charge is -2.42. The van der Waals surface area contributed by atoms with E-state index in [1.54, 1.807) is 0 Å². The van der Waals surface area contributed by atoms with E-state index in [0.717, 1.165) is 0 Å². The van der Waals surface area contributed by atoms with Gasteiger partial charge in [0.2, 0.25) is 29.3 Å². The van der Waals surface area contributed by atoms with Gasteiger partial charge in [-0.1, -0.05) is 0 Å². The summed E-state index contributed by atoms with van der Waals surface area (Å²) in [6.45, 7) is -0.967. The van der Waals surface area contributed by atoms with Gasteiger partial charge in [0.05, 0.1) is 6.42 Å². The molecular formula is C14H16N2O11S. The van der Waals surface area contributed by atoms with Gasteiger partial charge in [-0.2, -0.15) is 8.42 Å². The largest absolute Gasteiger partial charge is 0.481 e. The molecule has 0 bridgehead atoms. The first kappa shape index (κ1) is 21.4. The lowest BCUT2D eigenvalue weighted by molar-refractivity contribution is -0.189. The molecule has 4 amide bonds. The first-order valence-corrected chi connectivity index (χ1v) is 9.57. The molecule has 0 spiro atoms. The lowest BCUT2D eigenvalue weighted by Crippen LogP contribution is -2.69. The van der Waals surface area contributed by atoms with Crippen molar-refractivity contribution in [3.8, 4) is 0 Å². The highest BCUT2D eigenvalue weighted by Crippen LogP contribution is 2.35. The van der Waals surface area contributed by atoms with Crippen LogP contribution in [0.15, 0.2) is 0 Å². The predicted molar refractivity (Wildman–Crippen MR) is 84.5 cm³/mol. The minimum atomic E-state index is -4.56. The number of carboxylic acids is 1. The number of carbonyl (C=O) groups excluding carboxylic acids is 5. The van der Waals surface area contributed by atoms with Crippen molar-refractivity contribution in [2.24, 2.45) is 0 Å². The molecule has 2 aliphatic rings. The van der Waals surface area contributed by atoms with E-state index >= 15 is 0 Å². The molecule has 2 aliphatic heterocycles. The molecule has 154 valence electrons. The first-order chi connectivity index (χ1) is 12.9. The number of aliphatic carboxylic acids is 1. The van der Waals surface area contributed by atoms with Gasteiger partial charge in [-0.05, 0) is 0 Å². The smallest absolute Gasteiger partial charge is 0.355 e. The Bertz CT molecular complexity index is 795. The number of ether oxygens (including phenoxy) is 1. The molecule has 2 N–H and O–H groups in total. The number of rotatable bonds is 8. The van der Waals surface area contributed by atoms with Crippen molar-refractivity contribution >= 4 is 45.7 Å². The summed E-state index contributed by atoms with van der Waals surface area (Å²) < 4.78 is 35.0. The average molecular weight is 420 g/mol. The van der Waals surface area contributed by atoms with Gasteiger partial charge in [0.25, 0.3) is 10.1 Å². The minimum absolute atomic E-state index is 0.220. The Labute approximate surface area is 157 Å². The molecular weight excluding hydrogens is 404 g/mol. The molecule has 28 heavy (non-hydrogen) atoms. The SMILES string of the molecule is O=C(O)CC(C(=O)OCCS(=O)(=O)O)(N1C(=O)CCC1=O)N1C(=O)CCC1=O. The molecule has 0 unspecified atom stereocenters. The Hall–Kier alpha value is -2.87. The molecule has 0 atom stereocenters. The third-order valence-electron chi connectivity index (χ3n) is 4.14. The third-order valence-corrected chi connectivity index (χ3v) is 4.82. The molecule has 0 aromatic carbocycles. The molecule has 0 aromatic heterocycles. The Morgan fingerprint density at radius 2 is 1.32 bits per heavy atom. The van der Waals surface area contributed by atoms with Gasteiger partial charge in [0.1, 0.15) is 12.4 Å². The van der Waals surface area contributed by atoms with Crippen molar-refractivity contribution in [2.45, 2.75) is 37.8 Å². The van der Waals surface area contributed by atoms with Crippen LogP contribution in [0, 0.1) is 0 Å². The van der Waals surface area contributed by atoms with Gasteiger partial charge in [0.15, 0.2) is 0 Å². The van der Waals surface area contributed by atoms with Crippen molar-refractivity contribution in [3.63, 3.8) is 0 Å². The summed E-state index contributed by atoms with van der Waals surface area (Å²) in [5.74, 6) is -8.42. The van der Waals surface area contributed by atoms with Crippen LogP contribution < -0.4 is 0 Å². The fourth-order valence-corrected chi connectivity index (χ4v) is 3.35. The van der Waals surface area contributed by atoms with E-state index in [-0.39, 0.29) is 35.5 Å². The second-order valence-electron chi connectivity index (χ2n) is 6.05. The van der Waals surface area contributed by atoms with Gasteiger partial charge in [-0.25, -0.2) is 14.6 Å². The van der Waals surface area contributed by atoms with E-state index in [2.05, 4.69) is 4.74 Å². The summed E-state index contributed by atoms with van der Waals surface area (Å²) in [5.41, 5.74) is -2.92. The lowest BCUT2D eigenvalue weighted by atomic mass is 10.0. The molecule has 2 heterocycles. The highest BCUT2D eigenvalue weighted by molar-refractivity contribution is 7.85. The molecule has 13 nitrogen and oxygen atoms in total. The third kappa shape index (κ3) is 4.01.